The molecule has 0 aliphatic heterocycles. The fraction of sp³-hybridized carbons (Fsp3) is 0.0588. The first-order valence-electron chi connectivity index (χ1n) is 6.65. The molecule has 6 heteroatoms. The fourth-order valence-electron chi connectivity index (χ4n) is 1.65. The molecule has 2 atom stereocenters. The van der Waals surface area contributed by atoms with E-state index in [1.165, 1.54) is 0 Å². The molecule has 2 nitrogen and oxygen atoms in total. The van der Waals surface area contributed by atoms with Crippen molar-refractivity contribution in [2.75, 3.05) is 5.08 Å². The van der Waals surface area contributed by atoms with Gasteiger partial charge in [-0.05, 0) is 47.5 Å². The maximum Gasteiger partial charge on any atom is 0.107 e. The van der Waals surface area contributed by atoms with Crippen LogP contribution in [-0.2, 0) is 21.6 Å². The van der Waals surface area contributed by atoms with Gasteiger partial charge < -0.3 is 0 Å². The summed E-state index contributed by atoms with van der Waals surface area (Å²) in [6.07, 6.45) is 3.55. The zero-order valence-corrected chi connectivity index (χ0v) is 16.8. The number of hydrogen-bond acceptors (Lipinski definition) is 2. The van der Waals surface area contributed by atoms with Gasteiger partial charge in [-0.25, -0.2) is 0 Å². The van der Waals surface area contributed by atoms with E-state index >= 15 is 0 Å². The molecule has 0 heterocycles. The molecule has 2 rings (SSSR count). The van der Waals surface area contributed by atoms with Gasteiger partial charge >= 0.3 is 0 Å². The van der Waals surface area contributed by atoms with Gasteiger partial charge in [0.25, 0.3) is 0 Å². The lowest BCUT2D eigenvalue weighted by molar-refractivity contribution is 0.685. The highest BCUT2D eigenvalue weighted by Crippen LogP contribution is 2.13. The number of hydrogen-bond donors (Lipinski definition) is 0. The summed E-state index contributed by atoms with van der Waals surface area (Å²) in [7, 11) is -2.54. The highest BCUT2D eigenvalue weighted by atomic mass is 79.9. The molecule has 0 saturated heterocycles. The van der Waals surface area contributed by atoms with Gasteiger partial charge in [-0.3, -0.25) is 8.42 Å². The highest BCUT2D eigenvalue weighted by Gasteiger charge is 2.00. The lowest BCUT2D eigenvalue weighted by Gasteiger charge is -1.96. The summed E-state index contributed by atoms with van der Waals surface area (Å²) in [5.41, 5.74) is 1.91. The molecule has 2 aromatic rings. The van der Waals surface area contributed by atoms with Crippen molar-refractivity contribution in [2.24, 2.45) is 0 Å². The maximum atomic E-state index is 11.9. The summed E-state index contributed by atoms with van der Waals surface area (Å²) < 4.78 is 25.9. The van der Waals surface area contributed by atoms with Crippen LogP contribution in [0.3, 0.4) is 0 Å². The van der Waals surface area contributed by atoms with E-state index in [1.807, 2.05) is 48.5 Å². The van der Waals surface area contributed by atoms with Gasteiger partial charge in [-0.1, -0.05) is 56.1 Å². The highest BCUT2D eigenvalue weighted by molar-refractivity contribution is 9.10. The normalized spacial score (nSPS) is 14.3. The van der Waals surface area contributed by atoms with Crippen LogP contribution in [0.4, 0.5) is 0 Å². The molecule has 0 radical (unpaired) electrons. The number of rotatable bonds is 6. The topological polar surface area (TPSA) is 34.1 Å². The van der Waals surface area contributed by atoms with Crippen LogP contribution in [0.2, 0.25) is 0 Å². The van der Waals surface area contributed by atoms with Gasteiger partial charge in [0.05, 0.1) is 21.6 Å². The molecule has 2 aromatic carbocycles. The number of halogens is 2. The Morgan fingerprint density at radius 3 is 1.39 bits per heavy atom. The van der Waals surface area contributed by atoms with E-state index in [2.05, 4.69) is 31.9 Å². The van der Waals surface area contributed by atoms with Gasteiger partial charge in [0.1, 0.15) is 5.08 Å². The standard InChI is InChI=1S/C17H14Br2O2S2/c18-16-5-1-14(2-6-16)9-11-22(20)13-23(21)12-10-15-3-7-17(19)8-4-15/h1-12H,13H2. The van der Waals surface area contributed by atoms with Crippen LogP contribution < -0.4 is 0 Å². The zero-order chi connectivity index (χ0) is 16.7. The monoisotopic (exact) mass is 472 g/mol. The van der Waals surface area contributed by atoms with Gasteiger partial charge in [0.2, 0.25) is 0 Å². The molecule has 0 spiro atoms. The second-order valence-electron chi connectivity index (χ2n) is 4.59. The van der Waals surface area contributed by atoms with Crippen LogP contribution in [0.1, 0.15) is 11.1 Å². The Bertz CT molecular complexity index is 686. The van der Waals surface area contributed by atoms with Crippen molar-refractivity contribution in [3.8, 4) is 0 Å². The molecule has 0 aromatic heterocycles. The fourth-order valence-corrected chi connectivity index (χ4v) is 4.34. The Morgan fingerprint density at radius 1 is 0.696 bits per heavy atom. The summed E-state index contributed by atoms with van der Waals surface area (Å²) in [6.45, 7) is 0. The molecule has 0 bridgehead atoms. The molecule has 0 N–H and O–H groups in total. The van der Waals surface area contributed by atoms with Crippen LogP contribution in [0.25, 0.3) is 12.2 Å². The van der Waals surface area contributed by atoms with E-state index in [0.29, 0.717) is 0 Å². The first-order chi connectivity index (χ1) is 11.0. The van der Waals surface area contributed by atoms with Crippen LogP contribution >= 0.6 is 31.9 Å². The first-order valence-corrected chi connectivity index (χ1v) is 11.0. The largest absolute Gasteiger partial charge is 0.254 e. The van der Waals surface area contributed by atoms with Gasteiger partial charge in [-0.2, -0.15) is 0 Å². The molecule has 0 aliphatic carbocycles. The van der Waals surface area contributed by atoms with E-state index < -0.39 is 21.6 Å². The Balaban J connectivity index is 1.88. The average Bonchev–Trinajstić information content (AvgIpc) is 2.54. The molecule has 0 amide bonds. The average molecular weight is 474 g/mol. The third-order valence-electron chi connectivity index (χ3n) is 2.80. The van der Waals surface area contributed by atoms with Crippen molar-refractivity contribution in [2.45, 2.75) is 0 Å². The van der Waals surface area contributed by atoms with E-state index in [-0.39, 0.29) is 5.08 Å². The SMILES string of the molecule is O=S(C=Cc1ccc(Br)cc1)CS(=O)C=Cc1ccc(Br)cc1. The minimum Gasteiger partial charge on any atom is -0.254 e. The number of benzene rings is 2. The molecule has 120 valence electrons. The Morgan fingerprint density at radius 2 is 1.04 bits per heavy atom. The second-order valence-corrected chi connectivity index (χ2v) is 9.43. The summed E-state index contributed by atoms with van der Waals surface area (Å²) >= 11 is 6.73. The Labute approximate surface area is 157 Å². The van der Waals surface area contributed by atoms with Crippen LogP contribution in [0.5, 0.6) is 0 Å². The zero-order valence-electron chi connectivity index (χ0n) is 12.0. The molecule has 2 unspecified atom stereocenters. The van der Waals surface area contributed by atoms with Crippen molar-refractivity contribution < 1.29 is 8.42 Å². The van der Waals surface area contributed by atoms with Crippen molar-refractivity contribution in [1.29, 1.82) is 0 Å². The molecule has 0 aliphatic rings. The van der Waals surface area contributed by atoms with E-state index in [0.717, 1.165) is 20.1 Å². The van der Waals surface area contributed by atoms with Crippen LogP contribution in [0.15, 0.2) is 68.3 Å². The maximum absolute atomic E-state index is 11.9. The summed E-state index contributed by atoms with van der Waals surface area (Å²) in [5.74, 6) is 0. The van der Waals surface area contributed by atoms with Crippen molar-refractivity contribution >= 4 is 65.6 Å². The molecular weight excluding hydrogens is 460 g/mol. The lowest BCUT2D eigenvalue weighted by Crippen LogP contribution is -1.98. The molecular formula is C17H14Br2O2S2. The van der Waals surface area contributed by atoms with Gasteiger partial charge in [0.15, 0.2) is 0 Å². The Kier molecular flexibility index (Phi) is 7.62. The molecule has 0 saturated carbocycles. The van der Waals surface area contributed by atoms with E-state index in [1.54, 1.807) is 23.0 Å². The molecule has 0 fully saturated rings. The quantitative estimate of drug-likeness (QED) is 0.569. The summed E-state index contributed by atoms with van der Waals surface area (Å²) in [6, 6.07) is 15.3. The third-order valence-corrected chi connectivity index (χ3v) is 6.59. The van der Waals surface area contributed by atoms with Crippen molar-refractivity contribution in [3.63, 3.8) is 0 Å². The minimum absolute atomic E-state index is 0.0973. The smallest absolute Gasteiger partial charge is 0.107 e. The van der Waals surface area contributed by atoms with Crippen LogP contribution in [-0.4, -0.2) is 13.5 Å². The van der Waals surface area contributed by atoms with Crippen LogP contribution in [0, 0.1) is 0 Å². The third kappa shape index (κ3) is 7.08. The minimum atomic E-state index is -1.27. The lowest BCUT2D eigenvalue weighted by atomic mass is 10.2. The predicted molar refractivity (Wildman–Crippen MR) is 108 cm³/mol. The van der Waals surface area contributed by atoms with Gasteiger partial charge in [0, 0.05) is 19.8 Å². The van der Waals surface area contributed by atoms with E-state index in [9.17, 15) is 8.42 Å². The van der Waals surface area contributed by atoms with Gasteiger partial charge in [-0.15, -0.1) is 0 Å². The van der Waals surface area contributed by atoms with Crippen molar-refractivity contribution in [1.82, 2.24) is 0 Å². The first kappa shape index (κ1) is 18.5. The second kappa shape index (κ2) is 9.47. The summed E-state index contributed by atoms with van der Waals surface area (Å²) in [5, 5.41) is 3.25. The van der Waals surface area contributed by atoms with E-state index in [4.69, 9.17) is 0 Å². The molecule has 23 heavy (non-hydrogen) atoms. The predicted octanol–water partition coefficient (Wildman–Crippen LogP) is 5.31. The Hall–Kier alpha value is -0.820. The van der Waals surface area contributed by atoms with Crippen molar-refractivity contribution in [3.05, 3.63) is 79.4 Å². The summed E-state index contributed by atoms with van der Waals surface area (Å²) in [4.78, 5) is 0.